The second kappa shape index (κ2) is 7.57. The van der Waals surface area contributed by atoms with Crippen LogP contribution in [0.4, 0.5) is 5.69 Å². The molecule has 5 nitrogen and oxygen atoms in total. The van der Waals surface area contributed by atoms with Gasteiger partial charge in [0.2, 0.25) is 5.91 Å². The summed E-state index contributed by atoms with van der Waals surface area (Å²) in [5.41, 5.74) is 0.667. The van der Waals surface area contributed by atoms with Crippen molar-refractivity contribution in [1.82, 2.24) is 4.57 Å². The highest BCUT2D eigenvalue weighted by Gasteiger charge is 2.55. The zero-order valence-electron chi connectivity index (χ0n) is 16.6. The average molecular weight is 473 g/mol. The van der Waals surface area contributed by atoms with Gasteiger partial charge in [0.25, 0.3) is 0 Å². The molecule has 3 aromatic rings. The number of benzene rings is 1. The van der Waals surface area contributed by atoms with Crippen molar-refractivity contribution in [3.05, 3.63) is 68.0 Å². The van der Waals surface area contributed by atoms with Gasteiger partial charge in [-0.25, -0.2) is 0 Å². The highest BCUT2D eigenvalue weighted by atomic mass is 35.5. The van der Waals surface area contributed by atoms with E-state index in [1.54, 1.807) is 35.1 Å². The van der Waals surface area contributed by atoms with E-state index in [4.69, 9.17) is 16.0 Å². The number of hydrogen-bond acceptors (Lipinski definition) is 5. The minimum Gasteiger partial charge on any atom is -0.469 e. The number of nitrogens with one attached hydrogen (secondary N) is 1. The predicted molar refractivity (Wildman–Crippen MR) is 123 cm³/mol. The summed E-state index contributed by atoms with van der Waals surface area (Å²) in [6, 6.07) is 10.9. The Hall–Kier alpha value is -1.96. The predicted octanol–water partition coefficient (Wildman–Crippen LogP) is 5.45. The monoisotopic (exact) mass is 472 g/mol. The van der Waals surface area contributed by atoms with Crippen LogP contribution in [0.25, 0.3) is 0 Å². The number of thioether (sulfide) groups is 1. The lowest BCUT2D eigenvalue weighted by Crippen LogP contribution is -2.34. The van der Waals surface area contributed by atoms with Crippen molar-refractivity contribution in [2.45, 2.75) is 42.0 Å². The number of carbonyl (C=O) groups is 1. The Kier molecular flexibility index (Phi) is 4.81. The number of fused-ring (bicyclic) bond motifs is 6. The normalized spacial score (nSPS) is 28.4. The Morgan fingerprint density at radius 3 is 2.77 bits per heavy atom. The van der Waals surface area contributed by atoms with Crippen LogP contribution in [0.3, 0.4) is 0 Å². The molecule has 2 aliphatic carbocycles. The molecule has 8 heteroatoms. The van der Waals surface area contributed by atoms with E-state index < -0.39 is 0 Å². The molecule has 5 unspecified atom stereocenters. The number of hydrogen-bond donors (Lipinski definition) is 1. The van der Waals surface area contributed by atoms with E-state index in [9.17, 15) is 9.59 Å². The number of furan rings is 1. The van der Waals surface area contributed by atoms with Gasteiger partial charge < -0.3 is 9.73 Å². The van der Waals surface area contributed by atoms with Crippen molar-refractivity contribution in [3.8, 4) is 0 Å². The van der Waals surface area contributed by atoms with E-state index in [-0.39, 0.29) is 23.2 Å². The van der Waals surface area contributed by atoms with E-state index in [2.05, 4.69) is 5.32 Å². The van der Waals surface area contributed by atoms with Gasteiger partial charge in [0.15, 0.2) is 0 Å². The van der Waals surface area contributed by atoms with Crippen molar-refractivity contribution in [2.24, 2.45) is 17.8 Å². The van der Waals surface area contributed by atoms with Gasteiger partial charge in [-0.05, 0) is 73.4 Å². The van der Waals surface area contributed by atoms with Gasteiger partial charge in [-0.3, -0.25) is 14.2 Å². The fourth-order valence-electron chi connectivity index (χ4n) is 5.75. The van der Waals surface area contributed by atoms with E-state index in [0.717, 1.165) is 15.7 Å². The molecule has 1 amide bonds. The van der Waals surface area contributed by atoms with Gasteiger partial charge in [-0.15, -0.1) is 11.8 Å². The standard InChI is InChI=1S/C23H21ClN2O3S2/c24-14-5-7-15(8-6-14)25-17(27)11-26-22-21(31-23(26)28)19(16-2-1-9-29-16)18-12-3-4-13(10-12)20(18)30-22/h1-2,5-9,12-13,18-20H,3-4,10-11H2,(H,25,27). The first kappa shape index (κ1) is 19.7. The molecule has 3 aliphatic rings. The topological polar surface area (TPSA) is 64.2 Å². The maximum Gasteiger partial charge on any atom is 0.308 e. The number of aromatic nitrogens is 1. The number of amides is 1. The minimum absolute atomic E-state index is 0.0106. The molecule has 160 valence electrons. The molecule has 0 saturated heterocycles. The van der Waals surface area contributed by atoms with Crippen LogP contribution >= 0.6 is 34.7 Å². The molecule has 1 aromatic carbocycles. The number of anilines is 1. The molecule has 0 spiro atoms. The third kappa shape index (κ3) is 3.29. The summed E-state index contributed by atoms with van der Waals surface area (Å²) in [5.74, 6) is 2.75. The molecule has 5 atom stereocenters. The number of thiazole rings is 1. The number of rotatable bonds is 4. The zero-order valence-corrected chi connectivity index (χ0v) is 19.0. The fourth-order valence-corrected chi connectivity index (χ4v) is 9.01. The molecule has 6 rings (SSSR count). The lowest BCUT2D eigenvalue weighted by atomic mass is 9.77. The molecular weight excluding hydrogens is 452 g/mol. The molecule has 1 N–H and O–H groups in total. The zero-order chi connectivity index (χ0) is 21.1. The van der Waals surface area contributed by atoms with Crippen LogP contribution in [-0.2, 0) is 11.3 Å². The summed E-state index contributed by atoms with van der Waals surface area (Å²) in [5, 5.41) is 4.93. The van der Waals surface area contributed by atoms with Gasteiger partial charge >= 0.3 is 4.87 Å². The van der Waals surface area contributed by atoms with Gasteiger partial charge in [-0.2, -0.15) is 0 Å². The largest absolute Gasteiger partial charge is 0.469 e. The third-order valence-electron chi connectivity index (χ3n) is 6.97. The summed E-state index contributed by atoms with van der Waals surface area (Å²) in [4.78, 5) is 26.7. The molecule has 1 aliphatic heterocycles. The van der Waals surface area contributed by atoms with Crippen LogP contribution in [0.15, 0.2) is 56.9 Å². The van der Waals surface area contributed by atoms with Crippen molar-refractivity contribution in [2.75, 3.05) is 5.32 Å². The lowest BCUT2D eigenvalue weighted by molar-refractivity contribution is -0.116. The molecular formula is C23H21ClN2O3S2. The lowest BCUT2D eigenvalue weighted by Gasteiger charge is -2.39. The molecule has 3 heterocycles. The summed E-state index contributed by atoms with van der Waals surface area (Å²) in [6.07, 6.45) is 5.54. The van der Waals surface area contributed by atoms with Crippen LogP contribution in [0, 0.1) is 17.8 Å². The Morgan fingerprint density at radius 2 is 2.00 bits per heavy atom. The average Bonchev–Trinajstić information content (AvgIpc) is 3.54. The second-order valence-corrected chi connectivity index (χ2v) is 11.3. The first-order valence-corrected chi connectivity index (χ1v) is 12.6. The second-order valence-electron chi connectivity index (χ2n) is 8.66. The number of carbonyl (C=O) groups excluding carboxylic acids is 1. The van der Waals surface area contributed by atoms with Crippen molar-refractivity contribution < 1.29 is 9.21 Å². The summed E-state index contributed by atoms with van der Waals surface area (Å²) >= 11 is 9.03. The van der Waals surface area contributed by atoms with Crippen molar-refractivity contribution in [1.29, 1.82) is 0 Å². The fraction of sp³-hybridized carbons (Fsp3) is 0.391. The Labute approximate surface area is 192 Å². The summed E-state index contributed by atoms with van der Waals surface area (Å²) in [6.45, 7) is 0.0106. The molecule has 2 saturated carbocycles. The van der Waals surface area contributed by atoms with Crippen molar-refractivity contribution >= 4 is 46.3 Å². The SMILES string of the molecule is O=C(Cn1c2c(sc1=O)C(c1ccco1)C1C3CCC(C3)C1S2)Nc1ccc(Cl)cc1. The summed E-state index contributed by atoms with van der Waals surface area (Å²) in [7, 11) is 0. The maximum absolute atomic E-state index is 13.0. The maximum atomic E-state index is 13.0. The highest BCUT2D eigenvalue weighted by molar-refractivity contribution is 8.00. The third-order valence-corrected chi connectivity index (χ3v) is 10.0. The van der Waals surface area contributed by atoms with E-state index in [1.165, 1.54) is 30.6 Å². The van der Waals surface area contributed by atoms with E-state index >= 15 is 0 Å². The van der Waals surface area contributed by atoms with Crippen LogP contribution in [-0.4, -0.2) is 15.7 Å². The Balaban J connectivity index is 1.34. The van der Waals surface area contributed by atoms with Crippen LogP contribution in [0.2, 0.25) is 5.02 Å². The van der Waals surface area contributed by atoms with Gasteiger partial charge in [0, 0.05) is 16.0 Å². The quantitative estimate of drug-likeness (QED) is 0.548. The highest BCUT2D eigenvalue weighted by Crippen LogP contribution is 2.64. The van der Waals surface area contributed by atoms with Gasteiger partial charge in [0.05, 0.1) is 22.1 Å². The Bertz CT molecular complexity index is 1180. The first-order chi connectivity index (χ1) is 15.1. The molecule has 2 fully saturated rings. The van der Waals surface area contributed by atoms with E-state index in [0.29, 0.717) is 33.7 Å². The number of halogens is 1. The molecule has 2 bridgehead atoms. The number of nitrogens with zero attached hydrogens (tertiary/aromatic N) is 1. The van der Waals surface area contributed by atoms with Crippen LogP contribution in [0.5, 0.6) is 0 Å². The van der Waals surface area contributed by atoms with Crippen LogP contribution < -0.4 is 10.2 Å². The first-order valence-electron chi connectivity index (χ1n) is 10.6. The van der Waals surface area contributed by atoms with Crippen molar-refractivity contribution in [3.63, 3.8) is 0 Å². The minimum atomic E-state index is -0.213. The summed E-state index contributed by atoms with van der Waals surface area (Å²) < 4.78 is 7.52. The smallest absolute Gasteiger partial charge is 0.308 e. The molecule has 0 radical (unpaired) electrons. The van der Waals surface area contributed by atoms with Gasteiger partial charge in [-0.1, -0.05) is 22.9 Å². The van der Waals surface area contributed by atoms with E-state index in [1.807, 2.05) is 23.9 Å². The van der Waals surface area contributed by atoms with Gasteiger partial charge in [0.1, 0.15) is 12.3 Å². The van der Waals surface area contributed by atoms with Crippen LogP contribution in [0.1, 0.15) is 35.8 Å². The molecule has 2 aromatic heterocycles. The Morgan fingerprint density at radius 1 is 1.19 bits per heavy atom. The molecule has 31 heavy (non-hydrogen) atoms.